The molecule has 1 fully saturated rings. The number of aromatic nitrogens is 3. The van der Waals surface area contributed by atoms with E-state index in [9.17, 15) is 9.90 Å². The molecule has 1 amide bonds. The molecule has 23 heavy (non-hydrogen) atoms. The molecule has 1 aliphatic heterocycles. The number of hydrogen-bond donors (Lipinski definition) is 1. The van der Waals surface area contributed by atoms with Crippen molar-refractivity contribution in [3.63, 3.8) is 0 Å². The maximum Gasteiger partial charge on any atom is 0.260 e. The molecular weight excluding hydrogens is 320 g/mol. The van der Waals surface area contributed by atoms with Gasteiger partial charge in [0.25, 0.3) is 5.91 Å². The van der Waals surface area contributed by atoms with Gasteiger partial charge in [0.05, 0.1) is 24.3 Å². The molecule has 1 atom stereocenters. The fourth-order valence-electron chi connectivity index (χ4n) is 2.61. The van der Waals surface area contributed by atoms with E-state index in [4.69, 9.17) is 16.3 Å². The monoisotopic (exact) mass is 336 g/mol. The van der Waals surface area contributed by atoms with E-state index in [1.54, 1.807) is 46.2 Å². The van der Waals surface area contributed by atoms with Crippen LogP contribution >= 0.6 is 11.6 Å². The third-order valence-electron chi connectivity index (χ3n) is 3.80. The number of β-amino-alcohol motifs (C(OH)–C–C–N with tert-alkyl or cyclic N) is 1. The predicted molar refractivity (Wildman–Crippen MR) is 83.1 cm³/mol. The Morgan fingerprint density at radius 3 is 3.00 bits per heavy atom. The molecule has 1 aromatic heterocycles. The highest BCUT2D eigenvalue weighted by molar-refractivity contribution is 6.32. The number of carbonyl (C=O) groups is 1. The predicted octanol–water partition coefficient (Wildman–Crippen LogP) is 0.974. The number of carbonyl (C=O) groups excluding carboxylic acids is 1. The number of rotatable bonds is 5. The van der Waals surface area contributed by atoms with Crippen molar-refractivity contribution >= 4 is 17.5 Å². The first-order valence-electron chi connectivity index (χ1n) is 7.27. The van der Waals surface area contributed by atoms with Crippen LogP contribution in [0.3, 0.4) is 0 Å². The van der Waals surface area contributed by atoms with E-state index in [1.165, 1.54) is 0 Å². The summed E-state index contributed by atoms with van der Waals surface area (Å²) in [6.45, 7) is 0.929. The van der Waals surface area contributed by atoms with Gasteiger partial charge >= 0.3 is 0 Å². The van der Waals surface area contributed by atoms with E-state index in [-0.39, 0.29) is 19.1 Å². The molecule has 0 spiro atoms. The van der Waals surface area contributed by atoms with Gasteiger partial charge in [-0.1, -0.05) is 28.9 Å². The Hall–Kier alpha value is -2.12. The third kappa shape index (κ3) is 3.80. The highest BCUT2D eigenvalue weighted by atomic mass is 35.5. The number of hydrogen-bond acceptors (Lipinski definition) is 5. The first-order chi connectivity index (χ1) is 11.1. The maximum absolute atomic E-state index is 12.2. The Labute approximate surface area is 138 Å². The van der Waals surface area contributed by atoms with Crippen LogP contribution in [0, 0.1) is 0 Å². The van der Waals surface area contributed by atoms with Gasteiger partial charge < -0.3 is 14.7 Å². The topological polar surface area (TPSA) is 80.5 Å². The molecule has 8 heteroatoms. The van der Waals surface area contributed by atoms with Gasteiger partial charge in [-0.15, -0.1) is 5.10 Å². The number of benzene rings is 1. The quantitative estimate of drug-likeness (QED) is 0.880. The molecule has 1 aromatic carbocycles. The Morgan fingerprint density at radius 2 is 2.26 bits per heavy atom. The number of nitrogens with zero attached hydrogens (tertiary/aromatic N) is 4. The lowest BCUT2D eigenvalue weighted by atomic mass is 10.0. The molecule has 1 N–H and O–H groups in total. The first kappa shape index (κ1) is 15.8. The van der Waals surface area contributed by atoms with Gasteiger partial charge in [0.2, 0.25) is 0 Å². The van der Waals surface area contributed by atoms with E-state index >= 15 is 0 Å². The summed E-state index contributed by atoms with van der Waals surface area (Å²) < 4.78 is 7.02. The fourth-order valence-corrected chi connectivity index (χ4v) is 2.80. The average molecular weight is 337 g/mol. The zero-order valence-electron chi connectivity index (χ0n) is 12.4. The smallest absolute Gasteiger partial charge is 0.260 e. The number of halogens is 1. The van der Waals surface area contributed by atoms with Crippen LogP contribution in [0.4, 0.5) is 0 Å². The van der Waals surface area contributed by atoms with Gasteiger partial charge in [0, 0.05) is 12.7 Å². The normalized spacial score (nSPS) is 20.7. The molecule has 1 aliphatic rings. The highest BCUT2D eigenvalue weighted by Gasteiger charge is 2.38. The van der Waals surface area contributed by atoms with Gasteiger partial charge in [-0.25, -0.2) is 4.68 Å². The molecule has 122 valence electrons. The number of amides is 1. The molecule has 1 saturated heterocycles. The van der Waals surface area contributed by atoms with Crippen molar-refractivity contribution in [1.82, 2.24) is 19.9 Å². The summed E-state index contributed by atoms with van der Waals surface area (Å²) in [6, 6.07) is 6.99. The zero-order chi connectivity index (χ0) is 16.3. The lowest BCUT2D eigenvalue weighted by Gasteiger charge is -2.23. The van der Waals surface area contributed by atoms with Crippen molar-refractivity contribution in [1.29, 1.82) is 0 Å². The third-order valence-corrected chi connectivity index (χ3v) is 4.11. The van der Waals surface area contributed by atoms with Crippen molar-refractivity contribution in [3.05, 3.63) is 41.7 Å². The van der Waals surface area contributed by atoms with Crippen LogP contribution in [-0.2, 0) is 11.3 Å². The number of ether oxygens (including phenoxy) is 1. The summed E-state index contributed by atoms with van der Waals surface area (Å²) in [5.74, 6) is 0.291. The molecule has 0 saturated carbocycles. The summed E-state index contributed by atoms with van der Waals surface area (Å²) in [5, 5.41) is 18.6. The number of likely N-dealkylation sites (tertiary alicyclic amines) is 1. The van der Waals surface area contributed by atoms with Gasteiger partial charge in [-0.2, -0.15) is 0 Å². The van der Waals surface area contributed by atoms with Crippen molar-refractivity contribution in [2.24, 2.45) is 0 Å². The molecule has 2 aromatic rings. The van der Waals surface area contributed by atoms with Crippen LogP contribution in [0.1, 0.15) is 6.42 Å². The second-order valence-electron chi connectivity index (χ2n) is 5.61. The van der Waals surface area contributed by atoms with Crippen LogP contribution in [0.15, 0.2) is 36.7 Å². The minimum atomic E-state index is -0.992. The molecular formula is C15H17ClN4O3. The molecule has 3 rings (SSSR count). The second kappa shape index (κ2) is 6.55. The van der Waals surface area contributed by atoms with Crippen molar-refractivity contribution in [3.8, 4) is 5.75 Å². The SMILES string of the molecule is O=C(COc1ccccc1Cl)N1CCC(O)(Cn2ccnn2)C1. The molecule has 7 nitrogen and oxygen atoms in total. The second-order valence-corrected chi connectivity index (χ2v) is 6.02. The van der Waals surface area contributed by atoms with Crippen LogP contribution in [-0.4, -0.2) is 56.2 Å². The summed E-state index contributed by atoms with van der Waals surface area (Å²) in [7, 11) is 0. The van der Waals surface area contributed by atoms with Gasteiger partial charge in [0.1, 0.15) is 11.4 Å². The van der Waals surface area contributed by atoms with Gasteiger partial charge in [-0.3, -0.25) is 4.79 Å². The molecule has 0 radical (unpaired) electrons. The standard InChI is InChI=1S/C15H17ClN4O3/c16-12-3-1-2-4-13(12)23-9-14(21)19-7-5-15(22,10-19)11-20-8-6-17-18-20/h1-4,6,8,22H,5,7,9-11H2. The lowest BCUT2D eigenvalue weighted by molar-refractivity contribution is -0.133. The summed E-state index contributed by atoms with van der Waals surface area (Å²) >= 11 is 5.99. The highest BCUT2D eigenvalue weighted by Crippen LogP contribution is 2.25. The van der Waals surface area contributed by atoms with Crippen molar-refractivity contribution in [2.45, 2.75) is 18.6 Å². The molecule has 0 aliphatic carbocycles. The van der Waals surface area contributed by atoms with Crippen molar-refractivity contribution in [2.75, 3.05) is 19.7 Å². The van der Waals surface area contributed by atoms with Crippen LogP contribution in [0.25, 0.3) is 0 Å². The van der Waals surface area contributed by atoms with Crippen LogP contribution in [0.2, 0.25) is 5.02 Å². The van der Waals surface area contributed by atoms with Gasteiger partial charge in [-0.05, 0) is 18.6 Å². The Morgan fingerprint density at radius 1 is 1.43 bits per heavy atom. The summed E-state index contributed by atoms with van der Waals surface area (Å²) in [6.07, 6.45) is 3.73. The first-order valence-corrected chi connectivity index (χ1v) is 7.65. The van der Waals surface area contributed by atoms with E-state index in [2.05, 4.69) is 10.3 Å². The van der Waals surface area contributed by atoms with E-state index < -0.39 is 5.60 Å². The maximum atomic E-state index is 12.2. The Balaban J connectivity index is 1.54. The van der Waals surface area contributed by atoms with Crippen LogP contribution < -0.4 is 4.74 Å². The zero-order valence-corrected chi connectivity index (χ0v) is 13.2. The largest absolute Gasteiger partial charge is 0.482 e. The van der Waals surface area contributed by atoms with E-state index in [1.807, 2.05) is 0 Å². The minimum absolute atomic E-state index is 0.108. The molecule has 2 heterocycles. The van der Waals surface area contributed by atoms with Crippen molar-refractivity contribution < 1.29 is 14.6 Å². The van der Waals surface area contributed by atoms with E-state index in [0.717, 1.165) is 0 Å². The Kier molecular flexibility index (Phi) is 4.49. The number of aliphatic hydroxyl groups is 1. The van der Waals surface area contributed by atoms with Gasteiger partial charge in [0.15, 0.2) is 6.61 Å². The average Bonchev–Trinajstić information content (AvgIpc) is 3.16. The molecule has 1 unspecified atom stereocenters. The fraction of sp³-hybridized carbons (Fsp3) is 0.400. The number of para-hydroxylation sites is 1. The summed E-state index contributed by atoms with van der Waals surface area (Å²) in [4.78, 5) is 13.8. The van der Waals surface area contributed by atoms with Crippen LogP contribution in [0.5, 0.6) is 5.75 Å². The Bertz CT molecular complexity index is 679. The minimum Gasteiger partial charge on any atom is -0.482 e. The summed E-state index contributed by atoms with van der Waals surface area (Å²) in [5.41, 5.74) is -0.992. The lowest BCUT2D eigenvalue weighted by Crippen LogP contribution is -2.40. The molecule has 0 bridgehead atoms. The van der Waals surface area contributed by atoms with E-state index in [0.29, 0.717) is 30.3 Å².